The van der Waals surface area contributed by atoms with E-state index in [1.165, 1.54) is 29.0 Å². The van der Waals surface area contributed by atoms with Crippen LogP contribution in [-0.2, 0) is 0 Å². The number of hydrogen-bond acceptors (Lipinski definition) is 3. The SMILES string of the molecule is Cc1ccc(C(NN)C2CCCC2(C)C)s1. The summed E-state index contributed by atoms with van der Waals surface area (Å²) >= 11 is 1.87. The smallest absolute Gasteiger partial charge is 0.0586 e. The Morgan fingerprint density at radius 3 is 2.69 bits per heavy atom. The number of hydrogen-bond donors (Lipinski definition) is 2. The lowest BCUT2D eigenvalue weighted by Crippen LogP contribution is -2.37. The minimum atomic E-state index is 0.330. The Bertz CT molecular complexity index is 357. The molecular formula is C13H22N2S. The quantitative estimate of drug-likeness (QED) is 0.626. The largest absolute Gasteiger partial charge is 0.271 e. The summed E-state index contributed by atoms with van der Waals surface area (Å²) in [5.41, 5.74) is 3.45. The Morgan fingerprint density at radius 2 is 2.25 bits per heavy atom. The van der Waals surface area contributed by atoms with E-state index >= 15 is 0 Å². The van der Waals surface area contributed by atoms with Crippen LogP contribution < -0.4 is 11.3 Å². The third-order valence-electron chi connectivity index (χ3n) is 3.99. The molecule has 2 nitrogen and oxygen atoms in total. The van der Waals surface area contributed by atoms with Gasteiger partial charge in [-0.05, 0) is 43.2 Å². The number of rotatable bonds is 3. The van der Waals surface area contributed by atoms with Crippen LogP contribution in [-0.4, -0.2) is 0 Å². The van der Waals surface area contributed by atoms with Crippen molar-refractivity contribution in [2.24, 2.45) is 17.2 Å². The predicted octanol–water partition coefficient (Wildman–Crippen LogP) is 3.39. The van der Waals surface area contributed by atoms with Crippen molar-refractivity contribution in [1.82, 2.24) is 5.43 Å². The molecule has 0 bridgehead atoms. The van der Waals surface area contributed by atoms with Gasteiger partial charge in [0.2, 0.25) is 0 Å². The van der Waals surface area contributed by atoms with Crippen LogP contribution in [0.25, 0.3) is 0 Å². The van der Waals surface area contributed by atoms with Gasteiger partial charge in [0.05, 0.1) is 6.04 Å². The van der Waals surface area contributed by atoms with Crippen molar-refractivity contribution in [3.8, 4) is 0 Å². The van der Waals surface area contributed by atoms with Gasteiger partial charge in [0.15, 0.2) is 0 Å². The van der Waals surface area contributed by atoms with E-state index in [9.17, 15) is 0 Å². The van der Waals surface area contributed by atoms with Gasteiger partial charge in [-0.2, -0.15) is 0 Å². The Balaban J connectivity index is 2.23. The normalized spacial score (nSPS) is 25.9. The lowest BCUT2D eigenvalue weighted by molar-refractivity contribution is 0.200. The van der Waals surface area contributed by atoms with E-state index in [0.717, 1.165) is 0 Å². The van der Waals surface area contributed by atoms with Gasteiger partial charge in [0.25, 0.3) is 0 Å². The molecule has 1 heterocycles. The molecule has 2 atom stereocenters. The molecule has 2 unspecified atom stereocenters. The predicted molar refractivity (Wildman–Crippen MR) is 70.2 cm³/mol. The van der Waals surface area contributed by atoms with Gasteiger partial charge in [-0.1, -0.05) is 20.3 Å². The highest BCUT2D eigenvalue weighted by Crippen LogP contribution is 2.49. The first-order valence-corrected chi connectivity index (χ1v) is 6.89. The molecule has 1 aliphatic rings. The van der Waals surface area contributed by atoms with Crippen molar-refractivity contribution < 1.29 is 0 Å². The van der Waals surface area contributed by atoms with Crippen LogP contribution in [0.3, 0.4) is 0 Å². The summed E-state index contributed by atoms with van der Waals surface area (Å²) in [5, 5.41) is 0. The Kier molecular flexibility index (Phi) is 3.38. The molecule has 0 spiro atoms. The third-order valence-corrected chi connectivity index (χ3v) is 5.07. The van der Waals surface area contributed by atoms with Crippen molar-refractivity contribution >= 4 is 11.3 Å². The summed E-state index contributed by atoms with van der Waals surface area (Å²) in [7, 11) is 0. The van der Waals surface area contributed by atoms with Crippen LogP contribution in [0.5, 0.6) is 0 Å². The first kappa shape index (κ1) is 12.1. The van der Waals surface area contributed by atoms with E-state index in [0.29, 0.717) is 17.4 Å². The van der Waals surface area contributed by atoms with Gasteiger partial charge < -0.3 is 0 Å². The lowest BCUT2D eigenvalue weighted by atomic mass is 9.77. The van der Waals surface area contributed by atoms with Gasteiger partial charge in [0, 0.05) is 9.75 Å². The highest BCUT2D eigenvalue weighted by molar-refractivity contribution is 7.12. The highest BCUT2D eigenvalue weighted by Gasteiger charge is 2.40. The summed E-state index contributed by atoms with van der Waals surface area (Å²) in [6.07, 6.45) is 3.94. The first-order valence-electron chi connectivity index (χ1n) is 6.07. The molecule has 1 aliphatic carbocycles. The molecule has 3 heteroatoms. The van der Waals surface area contributed by atoms with E-state index in [1.807, 2.05) is 11.3 Å². The minimum absolute atomic E-state index is 0.330. The average Bonchev–Trinajstić information content (AvgIpc) is 2.76. The summed E-state index contributed by atoms with van der Waals surface area (Å²) < 4.78 is 0. The Morgan fingerprint density at radius 1 is 1.50 bits per heavy atom. The monoisotopic (exact) mass is 238 g/mol. The number of nitrogens with one attached hydrogen (secondary N) is 1. The Hall–Kier alpha value is -0.380. The van der Waals surface area contributed by atoms with Crippen LogP contribution in [0.1, 0.15) is 48.9 Å². The topological polar surface area (TPSA) is 38.0 Å². The summed E-state index contributed by atoms with van der Waals surface area (Å²) in [4.78, 5) is 2.76. The van der Waals surface area contributed by atoms with E-state index < -0.39 is 0 Å². The van der Waals surface area contributed by atoms with E-state index in [2.05, 4.69) is 38.3 Å². The van der Waals surface area contributed by atoms with Gasteiger partial charge in [-0.25, -0.2) is 0 Å². The zero-order chi connectivity index (χ0) is 11.8. The minimum Gasteiger partial charge on any atom is -0.271 e. The van der Waals surface area contributed by atoms with E-state index in [1.54, 1.807) is 0 Å². The fourth-order valence-electron chi connectivity index (χ4n) is 2.99. The maximum absolute atomic E-state index is 5.77. The molecule has 0 amide bonds. The fourth-order valence-corrected chi connectivity index (χ4v) is 3.99. The summed E-state index contributed by atoms with van der Waals surface area (Å²) in [6.45, 7) is 6.90. The standard InChI is InChI=1S/C13H22N2S/c1-9-6-7-11(16-9)12(15-14)10-5-4-8-13(10,2)3/h6-7,10,12,15H,4-5,8,14H2,1-3H3. The van der Waals surface area contributed by atoms with Crippen LogP contribution >= 0.6 is 11.3 Å². The maximum Gasteiger partial charge on any atom is 0.0586 e. The van der Waals surface area contributed by atoms with Gasteiger partial charge in [-0.3, -0.25) is 11.3 Å². The van der Waals surface area contributed by atoms with Crippen molar-refractivity contribution in [2.75, 3.05) is 0 Å². The number of hydrazine groups is 1. The second kappa shape index (κ2) is 4.47. The molecule has 0 aromatic carbocycles. The molecule has 90 valence electrons. The van der Waals surface area contributed by atoms with Crippen molar-refractivity contribution in [3.63, 3.8) is 0 Å². The maximum atomic E-state index is 5.77. The molecule has 1 aromatic rings. The Labute approximate surface area is 102 Å². The molecule has 0 saturated heterocycles. The molecule has 1 fully saturated rings. The average molecular weight is 238 g/mol. The highest BCUT2D eigenvalue weighted by atomic mass is 32.1. The second-order valence-corrected chi connectivity index (χ2v) is 6.90. The zero-order valence-electron chi connectivity index (χ0n) is 10.4. The van der Waals surface area contributed by atoms with Gasteiger partial charge in [-0.15, -0.1) is 11.3 Å². The third kappa shape index (κ3) is 2.17. The van der Waals surface area contributed by atoms with Crippen molar-refractivity contribution in [3.05, 3.63) is 21.9 Å². The summed E-state index contributed by atoms with van der Waals surface area (Å²) in [6, 6.07) is 4.74. The summed E-state index contributed by atoms with van der Waals surface area (Å²) in [5.74, 6) is 6.43. The van der Waals surface area contributed by atoms with Crippen molar-refractivity contribution in [1.29, 1.82) is 0 Å². The molecule has 1 aromatic heterocycles. The molecule has 16 heavy (non-hydrogen) atoms. The fraction of sp³-hybridized carbons (Fsp3) is 0.692. The molecule has 1 saturated carbocycles. The molecule has 0 aliphatic heterocycles. The number of nitrogens with two attached hydrogens (primary N) is 1. The van der Waals surface area contributed by atoms with Crippen LogP contribution in [0.15, 0.2) is 12.1 Å². The number of aryl methyl sites for hydroxylation is 1. The molecule has 3 N–H and O–H groups in total. The van der Waals surface area contributed by atoms with Gasteiger partial charge >= 0.3 is 0 Å². The zero-order valence-corrected chi connectivity index (χ0v) is 11.2. The van der Waals surface area contributed by atoms with Crippen LogP contribution in [0, 0.1) is 18.3 Å². The van der Waals surface area contributed by atoms with E-state index in [-0.39, 0.29) is 0 Å². The molecule has 0 radical (unpaired) electrons. The van der Waals surface area contributed by atoms with Crippen LogP contribution in [0.4, 0.5) is 0 Å². The van der Waals surface area contributed by atoms with Crippen molar-refractivity contribution in [2.45, 2.75) is 46.1 Å². The lowest BCUT2D eigenvalue weighted by Gasteiger charge is -2.33. The second-order valence-electron chi connectivity index (χ2n) is 5.58. The molecular weight excluding hydrogens is 216 g/mol. The van der Waals surface area contributed by atoms with Crippen LogP contribution in [0.2, 0.25) is 0 Å². The first-order chi connectivity index (χ1) is 7.54. The van der Waals surface area contributed by atoms with Gasteiger partial charge in [0.1, 0.15) is 0 Å². The van der Waals surface area contributed by atoms with E-state index in [4.69, 9.17) is 5.84 Å². The molecule has 2 rings (SSSR count). The number of thiophene rings is 1.